The van der Waals surface area contributed by atoms with E-state index in [1.807, 2.05) is 6.92 Å². The molecule has 1 unspecified atom stereocenters. The molecule has 0 aromatic carbocycles. The number of nitrogens with one attached hydrogen (secondary N) is 1. The number of hydrogen-bond donors (Lipinski definition) is 2. The van der Waals surface area contributed by atoms with Gasteiger partial charge in [0.25, 0.3) is 0 Å². The van der Waals surface area contributed by atoms with Gasteiger partial charge in [-0.15, -0.1) is 0 Å². The maximum atomic E-state index is 10.8. The molecule has 1 atom stereocenters. The van der Waals surface area contributed by atoms with Crippen molar-refractivity contribution in [3.05, 3.63) is 0 Å². The molecule has 13 heavy (non-hydrogen) atoms. The highest BCUT2D eigenvalue weighted by Crippen LogP contribution is 2.22. The molecular formula is C8H18N2O2S. The first-order valence-corrected chi connectivity index (χ1v) is 6.42. The van der Waals surface area contributed by atoms with E-state index >= 15 is 0 Å². The third-order valence-electron chi connectivity index (χ3n) is 2.68. The van der Waals surface area contributed by atoms with Crippen LogP contribution in [-0.2, 0) is 10.0 Å². The van der Waals surface area contributed by atoms with Gasteiger partial charge in [0, 0.05) is 0 Å². The highest BCUT2D eigenvalue weighted by molar-refractivity contribution is 7.89. The number of sulfonamides is 1. The molecule has 0 aromatic heterocycles. The van der Waals surface area contributed by atoms with Crippen LogP contribution in [0.15, 0.2) is 0 Å². The van der Waals surface area contributed by atoms with Crippen LogP contribution in [0.2, 0.25) is 0 Å². The molecule has 0 saturated carbocycles. The van der Waals surface area contributed by atoms with Crippen LogP contribution in [-0.4, -0.2) is 27.3 Å². The Morgan fingerprint density at radius 2 is 2.00 bits per heavy atom. The van der Waals surface area contributed by atoms with Gasteiger partial charge in [-0.25, -0.2) is 13.6 Å². The maximum Gasteiger partial charge on any atom is 0.209 e. The van der Waals surface area contributed by atoms with Crippen molar-refractivity contribution < 1.29 is 8.42 Å². The van der Waals surface area contributed by atoms with Crippen LogP contribution in [0.3, 0.4) is 0 Å². The summed E-state index contributed by atoms with van der Waals surface area (Å²) >= 11 is 0. The molecule has 1 heterocycles. The molecule has 1 saturated heterocycles. The molecular weight excluding hydrogens is 188 g/mol. The first kappa shape index (κ1) is 10.9. The van der Waals surface area contributed by atoms with Gasteiger partial charge in [-0.2, -0.15) is 0 Å². The summed E-state index contributed by atoms with van der Waals surface area (Å²) in [5.41, 5.74) is 0. The minimum absolute atomic E-state index is 0.123. The molecule has 0 spiro atoms. The normalized spacial score (nSPS) is 22.9. The Bertz CT molecular complexity index is 245. The van der Waals surface area contributed by atoms with E-state index in [1.165, 1.54) is 0 Å². The summed E-state index contributed by atoms with van der Waals surface area (Å²) in [4.78, 5) is 0. The molecule has 4 nitrogen and oxygen atoms in total. The third kappa shape index (κ3) is 4.06. The fourth-order valence-electron chi connectivity index (χ4n) is 1.92. The van der Waals surface area contributed by atoms with E-state index in [4.69, 9.17) is 5.14 Å². The standard InChI is InChI=1S/C8H18N2O2S/c1-7(6-13(9,11)12)8-2-4-10-5-3-8/h7-8,10H,2-6H2,1H3,(H2,9,11,12). The number of piperidine rings is 1. The van der Waals surface area contributed by atoms with Gasteiger partial charge in [0.1, 0.15) is 0 Å². The van der Waals surface area contributed by atoms with E-state index in [1.54, 1.807) is 0 Å². The topological polar surface area (TPSA) is 72.2 Å². The van der Waals surface area contributed by atoms with Gasteiger partial charge in [-0.05, 0) is 37.8 Å². The Hall–Kier alpha value is -0.130. The van der Waals surface area contributed by atoms with Crippen molar-refractivity contribution in [3.8, 4) is 0 Å². The summed E-state index contributed by atoms with van der Waals surface area (Å²) in [5, 5.41) is 8.25. The molecule has 5 heteroatoms. The maximum absolute atomic E-state index is 10.8. The Kier molecular flexibility index (Phi) is 3.70. The van der Waals surface area contributed by atoms with E-state index in [0.29, 0.717) is 5.92 Å². The molecule has 0 aromatic rings. The highest BCUT2D eigenvalue weighted by atomic mass is 32.2. The van der Waals surface area contributed by atoms with Crippen LogP contribution in [0.25, 0.3) is 0 Å². The molecule has 78 valence electrons. The zero-order valence-electron chi connectivity index (χ0n) is 7.99. The van der Waals surface area contributed by atoms with E-state index in [0.717, 1.165) is 25.9 Å². The molecule has 0 bridgehead atoms. The number of nitrogens with two attached hydrogens (primary N) is 1. The minimum atomic E-state index is -3.29. The number of rotatable bonds is 3. The van der Waals surface area contributed by atoms with Gasteiger partial charge in [-0.1, -0.05) is 6.92 Å². The fraction of sp³-hybridized carbons (Fsp3) is 1.00. The lowest BCUT2D eigenvalue weighted by atomic mass is 9.87. The summed E-state index contributed by atoms with van der Waals surface area (Å²) < 4.78 is 21.7. The Morgan fingerprint density at radius 1 is 1.46 bits per heavy atom. The SMILES string of the molecule is CC(CS(N)(=O)=O)C1CCNCC1. The monoisotopic (exact) mass is 206 g/mol. The second-order valence-electron chi connectivity index (χ2n) is 3.89. The molecule has 1 aliphatic heterocycles. The molecule has 0 aliphatic carbocycles. The summed E-state index contributed by atoms with van der Waals surface area (Å²) in [6, 6.07) is 0. The van der Waals surface area contributed by atoms with Crippen LogP contribution in [0.4, 0.5) is 0 Å². The summed E-state index contributed by atoms with van der Waals surface area (Å²) in [6.45, 7) is 3.97. The largest absolute Gasteiger partial charge is 0.317 e. The smallest absolute Gasteiger partial charge is 0.209 e. The van der Waals surface area contributed by atoms with Gasteiger partial charge in [-0.3, -0.25) is 0 Å². The Balaban J connectivity index is 2.42. The van der Waals surface area contributed by atoms with Gasteiger partial charge in [0.05, 0.1) is 5.75 Å². The molecule has 0 radical (unpaired) electrons. The second-order valence-corrected chi connectivity index (χ2v) is 5.55. The van der Waals surface area contributed by atoms with Crippen molar-refractivity contribution in [2.75, 3.05) is 18.8 Å². The Labute approximate surface area is 79.9 Å². The average molecular weight is 206 g/mol. The second kappa shape index (κ2) is 4.39. The summed E-state index contributed by atoms with van der Waals surface area (Å²) in [5.74, 6) is 0.828. The fourth-order valence-corrected chi connectivity index (χ4v) is 2.92. The molecule has 0 amide bonds. The predicted molar refractivity (Wildman–Crippen MR) is 52.7 cm³/mol. The lowest BCUT2D eigenvalue weighted by Crippen LogP contribution is -2.34. The summed E-state index contributed by atoms with van der Waals surface area (Å²) in [7, 11) is -3.29. The molecule has 1 aliphatic rings. The van der Waals surface area contributed by atoms with Crippen LogP contribution >= 0.6 is 0 Å². The first-order valence-electron chi connectivity index (χ1n) is 4.70. The van der Waals surface area contributed by atoms with Crippen molar-refractivity contribution >= 4 is 10.0 Å². The summed E-state index contributed by atoms with van der Waals surface area (Å²) in [6.07, 6.45) is 2.13. The van der Waals surface area contributed by atoms with E-state index in [-0.39, 0.29) is 11.7 Å². The van der Waals surface area contributed by atoms with Crippen LogP contribution in [0.1, 0.15) is 19.8 Å². The molecule has 1 fully saturated rings. The van der Waals surface area contributed by atoms with E-state index in [2.05, 4.69) is 5.32 Å². The number of hydrogen-bond acceptors (Lipinski definition) is 3. The van der Waals surface area contributed by atoms with Crippen molar-refractivity contribution in [2.45, 2.75) is 19.8 Å². The third-order valence-corrected chi connectivity index (χ3v) is 3.67. The van der Waals surface area contributed by atoms with Gasteiger partial charge in [0.15, 0.2) is 0 Å². The van der Waals surface area contributed by atoms with Crippen LogP contribution in [0.5, 0.6) is 0 Å². The molecule has 3 N–H and O–H groups in total. The average Bonchev–Trinajstić information content (AvgIpc) is 2.03. The van der Waals surface area contributed by atoms with Crippen molar-refractivity contribution in [1.29, 1.82) is 0 Å². The van der Waals surface area contributed by atoms with Gasteiger partial charge < -0.3 is 5.32 Å². The number of primary sulfonamides is 1. The van der Waals surface area contributed by atoms with Gasteiger partial charge >= 0.3 is 0 Å². The highest BCUT2D eigenvalue weighted by Gasteiger charge is 2.22. The minimum Gasteiger partial charge on any atom is -0.317 e. The van der Waals surface area contributed by atoms with E-state index < -0.39 is 10.0 Å². The predicted octanol–water partition coefficient (Wildman–Crippen LogP) is -0.0894. The van der Waals surface area contributed by atoms with Crippen molar-refractivity contribution in [1.82, 2.24) is 5.32 Å². The Morgan fingerprint density at radius 3 is 2.46 bits per heavy atom. The van der Waals surface area contributed by atoms with E-state index in [9.17, 15) is 8.42 Å². The lowest BCUT2D eigenvalue weighted by molar-refractivity contribution is 0.293. The van der Waals surface area contributed by atoms with Crippen molar-refractivity contribution in [2.24, 2.45) is 17.0 Å². The van der Waals surface area contributed by atoms with Crippen LogP contribution in [0, 0.1) is 11.8 Å². The lowest BCUT2D eigenvalue weighted by Gasteiger charge is -2.27. The van der Waals surface area contributed by atoms with Crippen molar-refractivity contribution in [3.63, 3.8) is 0 Å². The zero-order valence-corrected chi connectivity index (χ0v) is 8.81. The van der Waals surface area contributed by atoms with Crippen LogP contribution < -0.4 is 10.5 Å². The quantitative estimate of drug-likeness (QED) is 0.678. The van der Waals surface area contributed by atoms with Gasteiger partial charge in [0.2, 0.25) is 10.0 Å². The first-order chi connectivity index (χ1) is 5.99. The zero-order chi connectivity index (χ0) is 9.90. The molecule has 1 rings (SSSR count).